The van der Waals surface area contributed by atoms with Gasteiger partial charge in [-0.15, -0.1) is 0 Å². The SMILES string of the molecule is C1CCOC1.CC1=CC(=O)CC(C)(C)C1. The molecule has 1 fully saturated rings. The number of allylic oxidation sites excluding steroid dienone is 2. The second-order valence-electron chi connectivity index (χ2n) is 5.29. The molecule has 0 atom stereocenters. The molecule has 0 aromatic heterocycles. The Morgan fingerprint density at radius 1 is 1.20 bits per heavy atom. The van der Waals surface area contributed by atoms with E-state index in [-0.39, 0.29) is 11.2 Å². The summed E-state index contributed by atoms with van der Waals surface area (Å²) in [4.78, 5) is 11.0. The molecule has 0 spiro atoms. The molecule has 1 saturated heterocycles. The molecule has 0 aromatic rings. The van der Waals surface area contributed by atoms with Crippen LogP contribution in [0, 0.1) is 5.41 Å². The molecule has 2 rings (SSSR count). The molecule has 1 heterocycles. The van der Waals surface area contributed by atoms with Crippen LogP contribution in [-0.2, 0) is 9.53 Å². The molecule has 86 valence electrons. The van der Waals surface area contributed by atoms with Crippen molar-refractivity contribution in [1.29, 1.82) is 0 Å². The normalized spacial score (nSPS) is 24.2. The van der Waals surface area contributed by atoms with Gasteiger partial charge in [-0.3, -0.25) is 4.79 Å². The maximum Gasteiger partial charge on any atom is 0.156 e. The quantitative estimate of drug-likeness (QED) is 0.614. The van der Waals surface area contributed by atoms with Crippen molar-refractivity contribution in [3.63, 3.8) is 0 Å². The van der Waals surface area contributed by atoms with Gasteiger partial charge in [-0.1, -0.05) is 19.4 Å². The monoisotopic (exact) mass is 210 g/mol. The van der Waals surface area contributed by atoms with Crippen LogP contribution in [0.15, 0.2) is 11.6 Å². The van der Waals surface area contributed by atoms with Crippen molar-refractivity contribution in [3.05, 3.63) is 11.6 Å². The highest BCUT2D eigenvalue weighted by Crippen LogP contribution is 2.32. The number of carbonyl (C=O) groups is 1. The van der Waals surface area contributed by atoms with Crippen LogP contribution in [0.2, 0.25) is 0 Å². The lowest BCUT2D eigenvalue weighted by Gasteiger charge is -2.27. The lowest BCUT2D eigenvalue weighted by molar-refractivity contribution is -0.117. The second kappa shape index (κ2) is 5.45. The van der Waals surface area contributed by atoms with Crippen molar-refractivity contribution in [2.45, 2.75) is 46.5 Å². The van der Waals surface area contributed by atoms with E-state index in [2.05, 4.69) is 13.8 Å². The average Bonchev–Trinajstić information content (AvgIpc) is 2.53. The average molecular weight is 210 g/mol. The van der Waals surface area contributed by atoms with Gasteiger partial charge in [-0.05, 0) is 37.7 Å². The van der Waals surface area contributed by atoms with Crippen molar-refractivity contribution in [1.82, 2.24) is 0 Å². The molecule has 1 aliphatic carbocycles. The molecule has 2 aliphatic rings. The third kappa shape index (κ3) is 5.12. The van der Waals surface area contributed by atoms with Gasteiger partial charge in [0.2, 0.25) is 0 Å². The van der Waals surface area contributed by atoms with Crippen LogP contribution in [-0.4, -0.2) is 19.0 Å². The molecule has 0 bridgehead atoms. The van der Waals surface area contributed by atoms with Crippen molar-refractivity contribution in [2.75, 3.05) is 13.2 Å². The van der Waals surface area contributed by atoms with Gasteiger partial charge in [0.25, 0.3) is 0 Å². The highest BCUT2D eigenvalue weighted by molar-refractivity contribution is 5.91. The van der Waals surface area contributed by atoms with Crippen LogP contribution in [0.25, 0.3) is 0 Å². The Hall–Kier alpha value is -0.630. The van der Waals surface area contributed by atoms with E-state index in [1.165, 1.54) is 18.4 Å². The molecule has 0 radical (unpaired) electrons. The lowest BCUT2D eigenvalue weighted by Crippen LogP contribution is -2.20. The van der Waals surface area contributed by atoms with Gasteiger partial charge in [-0.25, -0.2) is 0 Å². The summed E-state index contributed by atoms with van der Waals surface area (Å²) in [6, 6.07) is 0. The van der Waals surface area contributed by atoms with E-state index in [4.69, 9.17) is 4.74 Å². The second-order valence-corrected chi connectivity index (χ2v) is 5.29. The van der Waals surface area contributed by atoms with Crippen molar-refractivity contribution >= 4 is 5.78 Å². The predicted molar refractivity (Wildman–Crippen MR) is 61.8 cm³/mol. The fourth-order valence-corrected chi connectivity index (χ4v) is 2.18. The van der Waals surface area contributed by atoms with Crippen LogP contribution in [0.1, 0.15) is 46.5 Å². The molecular formula is C13H22O2. The molecule has 15 heavy (non-hydrogen) atoms. The van der Waals surface area contributed by atoms with E-state index < -0.39 is 0 Å². The lowest BCUT2D eigenvalue weighted by atomic mass is 9.77. The summed E-state index contributed by atoms with van der Waals surface area (Å²) < 4.78 is 4.94. The summed E-state index contributed by atoms with van der Waals surface area (Å²) in [6.07, 6.45) is 6.11. The first-order valence-corrected chi connectivity index (χ1v) is 5.77. The molecule has 2 heteroatoms. The summed E-state index contributed by atoms with van der Waals surface area (Å²) in [5.74, 6) is 0.286. The molecule has 0 saturated carbocycles. The van der Waals surface area contributed by atoms with Gasteiger partial charge in [0.1, 0.15) is 0 Å². The molecule has 0 unspecified atom stereocenters. The van der Waals surface area contributed by atoms with Crippen LogP contribution in [0.3, 0.4) is 0 Å². The van der Waals surface area contributed by atoms with Crippen LogP contribution < -0.4 is 0 Å². The number of ketones is 1. The zero-order chi connectivity index (χ0) is 11.3. The number of hydrogen-bond donors (Lipinski definition) is 0. The Bertz CT molecular complexity index is 240. The van der Waals surface area contributed by atoms with E-state index >= 15 is 0 Å². The van der Waals surface area contributed by atoms with Gasteiger partial charge in [0.15, 0.2) is 5.78 Å². The Morgan fingerprint density at radius 2 is 1.80 bits per heavy atom. The van der Waals surface area contributed by atoms with E-state index in [1.54, 1.807) is 6.08 Å². The smallest absolute Gasteiger partial charge is 0.156 e. The molecule has 0 aromatic carbocycles. The number of hydrogen-bond acceptors (Lipinski definition) is 2. The molecular weight excluding hydrogens is 188 g/mol. The first-order chi connectivity index (χ1) is 6.99. The topological polar surface area (TPSA) is 26.3 Å². The van der Waals surface area contributed by atoms with Crippen molar-refractivity contribution < 1.29 is 9.53 Å². The summed E-state index contributed by atoms with van der Waals surface area (Å²) in [5.41, 5.74) is 1.43. The van der Waals surface area contributed by atoms with Gasteiger partial charge >= 0.3 is 0 Å². The number of ether oxygens (including phenoxy) is 1. The minimum absolute atomic E-state index is 0.204. The van der Waals surface area contributed by atoms with E-state index in [9.17, 15) is 4.79 Å². The summed E-state index contributed by atoms with van der Waals surface area (Å²) >= 11 is 0. The van der Waals surface area contributed by atoms with Gasteiger partial charge in [0.05, 0.1) is 0 Å². The summed E-state index contributed by atoms with van der Waals surface area (Å²) in [7, 11) is 0. The maximum absolute atomic E-state index is 11.0. The van der Waals surface area contributed by atoms with Crippen molar-refractivity contribution in [3.8, 4) is 0 Å². The van der Waals surface area contributed by atoms with E-state index in [1.807, 2.05) is 6.92 Å². The van der Waals surface area contributed by atoms with Gasteiger partial charge < -0.3 is 4.74 Å². The summed E-state index contributed by atoms with van der Waals surface area (Å²) in [5, 5.41) is 0. The Kier molecular flexibility index (Phi) is 4.52. The number of carbonyl (C=O) groups excluding carboxylic acids is 1. The summed E-state index contributed by atoms with van der Waals surface area (Å²) in [6.45, 7) is 8.31. The molecule has 2 nitrogen and oxygen atoms in total. The van der Waals surface area contributed by atoms with Crippen LogP contribution in [0.5, 0.6) is 0 Å². The van der Waals surface area contributed by atoms with Crippen LogP contribution in [0.4, 0.5) is 0 Å². The Balaban J connectivity index is 0.000000187. The first kappa shape index (κ1) is 12.4. The largest absolute Gasteiger partial charge is 0.381 e. The maximum atomic E-state index is 11.0. The van der Waals surface area contributed by atoms with Gasteiger partial charge in [-0.2, -0.15) is 0 Å². The number of rotatable bonds is 0. The van der Waals surface area contributed by atoms with Crippen LogP contribution >= 0.6 is 0 Å². The zero-order valence-electron chi connectivity index (χ0n) is 10.1. The molecule has 0 N–H and O–H groups in total. The highest BCUT2D eigenvalue weighted by atomic mass is 16.5. The first-order valence-electron chi connectivity index (χ1n) is 5.77. The Morgan fingerprint density at radius 3 is 2.13 bits per heavy atom. The minimum Gasteiger partial charge on any atom is -0.381 e. The predicted octanol–water partition coefficient (Wildman–Crippen LogP) is 3.12. The third-order valence-corrected chi connectivity index (χ3v) is 2.64. The standard InChI is InChI=1S/C9H14O.C4H8O/c1-7-4-8(10)6-9(2,3)5-7;1-2-4-5-3-1/h4H,5-6H2,1-3H3;1-4H2. The van der Waals surface area contributed by atoms with Gasteiger partial charge in [0, 0.05) is 19.6 Å². The Labute approximate surface area is 92.7 Å². The third-order valence-electron chi connectivity index (χ3n) is 2.64. The fourth-order valence-electron chi connectivity index (χ4n) is 2.18. The van der Waals surface area contributed by atoms with Crippen molar-refractivity contribution in [2.24, 2.45) is 5.41 Å². The minimum atomic E-state index is 0.204. The highest BCUT2D eigenvalue weighted by Gasteiger charge is 2.25. The van der Waals surface area contributed by atoms with E-state index in [0.717, 1.165) is 19.6 Å². The molecule has 1 aliphatic heterocycles. The fraction of sp³-hybridized carbons (Fsp3) is 0.769. The molecule has 0 amide bonds. The zero-order valence-corrected chi connectivity index (χ0v) is 10.1. The van der Waals surface area contributed by atoms with E-state index in [0.29, 0.717) is 6.42 Å².